The van der Waals surface area contributed by atoms with Gasteiger partial charge in [-0.15, -0.1) is 0 Å². The van der Waals surface area contributed by atoms with Gasteiger partial charge in [0.2, 0.25) is 5.95 Å². The molecule has 1 saturated heterocycles. The zero-order valence-electron chi connectivity index (χ0n) is 12.0. The first kappa shape index (κ1) is 13.0. The summed E-state index contributed by atoms with van der Waals surface area (Å²) in [6.07, 6.45) is 10.9. The van der Waals surface area contributed by atoms with E-state index < -0.39 is 0 Å². The van der Waals surface area contributed by atoms with Crippen molar-refractivity contribution in [3.05, 3.63) is 11.9 Å². The fourth-order valence-electron chi connectivity index (χ4n) is 3.39. The van der Waals surface area contributed by atoms with Crippen LogP contribution in [0.5, 0.6) is 0 Å². The molecule has 0 amide bonds. The number of rotatable bonds is 3. The molecule has 0 atom stereocenters. The van der Waals surface area contributed by atoms with Gasteiger partial charge in [0.15, 0.2) is 0 Å². The second-order valence-corrected chi connectivity index (χ2v) is 6.06. The predicted octanol–water partition coefficient (Wildman–Crippen LogP) is 2.49. The number of hydrogen-bond donors (Lipinski definition) is 1. The summed E-state index contributed by atoms with van der Waals surface area (Å²) in [6, 6.07) is 1.06. The third-order valence-electron chi connectivity index (χ3n) is 4.67. The van der Waals surface area contributed by atoms with Crippen molar-refractivity contribution in [2.24, 2.45) is 5.73 Å². The number of aryl methyl sites for hydroxylation is 1. The summed E-state index contributed by atoms with van der Waals surface area (Å²) in [5.74, 6) is 1.20. The van der Waals surface area contributed by atoms with Gasteiger partial charge in [-0.3, -0.25) is 0 Å². The first-order chi connectivity index (χ1) is 9.28. The quantitative estimate of drug-likeness (QED) is 0.910. The maximum absolute atomic E-state index is 6.01. The van der Waals surface area contributed by atoms with Crippen LogP contribution in [-0.2, 0) is 6.42 Å². The fraction of sp³-hybridized carbons (Fsp3) is 0.800. The zero-order chi connectivity index (χ0) is 13.2. The van der Waals surface area contributed by atoms with E-state index in [1.165, 1.54) is 37.3 Å². The Bertz CT molecular complexity index is 412. The lowest BCUT2D eigenvalue weighted by atomic mass is 10.1. The maximum atomic E-state index is 6.01. The average Bonchev–Trinajstić information content (AvgIpc) is 3.08. The van der Waals surface area contributed by atoms with Crippen LogP contribution in [-0.4, -0.2) is 28.7 Å². The van der Waals surface area contributed by atoms with Gasteiger partial charge in [0, 0.05) is 31.4 Å². The van der Waals surface area contributed by atoms with E-state index in [1.807, 2.05) is 0 Å². The highest BCUT2D eigenvalue weighted by Gasteiger charge is 2.25. The molecule has 0 spiro atoms. The van der Waals surface area contributed by atoms with Crippen molar-refractivity contribution >= 4 is 5.95 Å². The highest BCUT2D eigenvalue weighted by atomic mass is 15.3. The van der Waals surface area contributed by atoms with E-state index in [9.17, 15) is 0 Å². The standard InChI is InChI=1S/C15H26N4/c1-2-13-11-19(14-5-3-4-6-14)15(17-13)18-9-7-12(16)8-10-18/h11-12,14H,2-10,16H2,1H3. The Labute approximate surface area is 116 Å². The Morgan fingerprint density at radius 3 is 2.53 bits per heavy atom. The third-order valence-corrected chi connectivity index (χ3v) is 4.67. The highest BCUT2D eigenvalue weighted by molar-refractivity contribution is 5.35. The van der Waals surface area contributed by atoms with Crippen molar-refractivity contribution in [2.45, 2.75) is 64.0 Å². The van der Waals surface area contributed by atoms with Crippen LogP contribution in [0.4, 0.5) is 5.95 Å². The number of hydrogen-bond acceptors (Lipinski definition) is 3. The summed E-state index contributed by atoms with van der Waals surface area (Å²) in [7, 11) is 0. The molecule has 106 valence electrons. The molecular formula is C15H26N4. The number of piperidine rings is 1. The van der Waals surface area contributed by atoms with Crippen LogP contribution in [0.2, 0.25) is 0 Å². The Kier molecular flexibility index (Phi) is 3.78. The summed E-state index contributed by atoms with van der Waals surface area (Å²) >= 11 is 0. The van der Waals surface area contributed by atoms with Gasteiger partial charge in [-0.05, 0) is 32.1 Å². The number of anilines is 1. The average molecular weight is 262 g/mol. The lowest BCUT2D eigenvalue weighted by Gasteiger charge is -2.32. The van der Waals surface area contributed by atoms with Crippen molar-refractivity contribution in [3.63, 3.8) is 0 Å². The molecule has 1 aliphatic carbocycles. The molecule has 2 aliphatic rings. The van der Waals surface area contributed by atoms with Crippen LogP contribution < -0.4 is 10.6 Å². The van der Waals surface area contributed by atoms with Crippen LogP contribution in [0, 0.1) is 0 Å². The van der Waals surface area contributed by atoms with Gasteiger partial charge in [0.25, 0.3) is 0 Å². The number of aromatic nitrogens is 2. The van der Waals surface area contributed by atoms with Gasteiger partial charge >= 0.3 is 0 Å². The minimum absolute atomic E-state index is 0.386. The molecule has 0 radical (unpaired) electrons. The highest BCUT2D eigenvalue weighted by Crippen LogP contribution is 2.33. The molecular weight excluding hydrogens is 236 g/mol. The van der Waals surface area contributed by atoms with E-state index in [4.69, 9.17) is 10.7 Å². The van der Waals surface area contributed by atoms with E-state index >= 15 is 0 Å². The summed E-state index contributed by atoms with van der Waals surface area (Å²) in [4.78, 5) is 7.32. The van der Waals surface area contributed by atoms with Gasteiger partial charge in [-0.2, -0.15) is 0 Å². The van der Waals surface area contributed by atoms with E-state index in [1.54, 1.807) is 0 Å². The van der Waals surface area contributed by atoms with E-state index in [2.05, 4.69) is 22.6 Å². The predicted molar refractivity (Wildman–Crippen MR) is 78.5 cm³/mol. The summed E-state index contributed by atoms with van der Waals surface area (Å²) in [5.41, 5.74) is 7.25. The van der Waals surface area contributed by atoms with Crippen LogP contribution in [0.1, 0.15) is 57.2 Å². The number of imidazole rings is 1. The summed E-state index contributed by atoms with van der Waals surface area (Å²) < 4.78 is 2.46. The Morgan fingerprint density at radius 1 is 1.21 bits per heavy atom. The van der Waals surface area contributed by atoms with Gasteiger partial charge in [0.1, 0.15) is 0 Å². The van der Waals surface area contributed by atoms with E-state index in [0.717, 1.165) is 32.4 Å². The molecule has 0 bridgehead atoms. The zero-order valence-corrected chi connectivity index (χ0v) is 12.0. The molecule has 1 aromatic rings. The van der Waals surface area contributed by atoms with E-state index in [-0.39, 0.29) is 0 Å². The van der Waals surface area contributed by atoms with Crippen molar-refractivity contribution in [1.82, 2.24) is 9.55 Å². The van der Waals surface area contributed by atoms with Gasteiger partial charge in [-0.1, -0.05) is 19.8 Å². The van der Waals surface area contributed by atoms with Gasteiger partial charge < -0.3 is 15.2 Å². The van der Waals surface area contributed by atoms with Crippen LogP contribution in [0.15, 0.2) is 6.20 Å². The van der Waals surface area contributed by atoms with Crippen LogP contribution >= 0.6 is 0 Å². The molecule has 0 unspecified atom stereocenters. The Balaban J connectivity index is 1.84. The Morgan fingerprint density at radius 2 is 1.89 bits per heavy atom. The second-order valence-electron chi connectivity index (χ2n) is 6.06. The lowest BCUT2D eigenvalue weighted by molar-refractivity contribution is 0.468. The van der Waals surface area contributed by atoms with E-state index in [0.29, 0.717) is 12.1 Å². The molecule has 1 saturated carbocycles. The molecule has 19 heavy (non-hydrogen) atoms. The SMILES string of the molecule is CCc1cn(C2CCCC2)c(N2CCC(N)CC2)n1. The summed E-state index contributed by atoms with van der Waals surface area (Å²) in [6.45, 7) is 4.32. The molecule has 2 fully saturated rings. The Hall–Kier alpha value is -1.03. The fourth-order valence-corrected chi connectivity index (χ4v) is 3.39. The van der Waals surface area contributed by atoms with Crippen molar-refractivity contribution in [2.75, 3.05) is 18.0 Å². The maximum Gasteiger partial charge on any atom is 0.205 e. The molecule has 2 N–H and O–H groups in total. The van der Waals surface area contributed by atoms with Crippen LogP contribution in [0.3, 0.4) is 0 Å². The molecule has 3 rings (SSSR count). The first-order valence-electron chi connectivity index (χ1n) is 7.86. The molecule has 4 heteroatoms. The van der Waals surface area contributed by atoms with Crippen molar-refractivity contribution in [3.8, 4) is 0 Å². The second kappa shape index (κ2) is 5.53. The number of nitrogens with two attached hydrogens (primary N) is 1. The lowest BCUT2D eigenvalue weighted by Crippen LogP contribution is -2.41. The molecule has 0 aromatic carbocycles. The minimum atomic E-state index is 0.386. The molecule has 2 heterocycles. The third kappa shape index (κ3) is 2.64. The molecule has 1 aromatic heterocycles. The monoisotopic (exact) mass is 262 g/mol. The molecule has 1 aliphatic heterocycles. The normalized spacial score (nSPS) is 22.3. The van der Waals surface area contributed by atoms with Crippen molar-refractivity contribution < 1.29 is 0 Å². The van der Waals surface area contributed by atoms with Crippen molar-refractivity contribution in [1.29, 1.82) is 0 Å². The van der Waals surface area contributed by atoms with Gasteiger partial charge in [0.05, 0.1) is 5.69 Å². The van der Waals surface area contributed by atoms with Gasteiger partial charge in [-0.25, -0.2) is 4.98 Å². The number of nitrogens with zero attached hydrogens (tertiary/aromatic N) is 3. The van der Waals surface area contributed by atoms with Crippen LogP contribution in [0.25, 0.3) is 0 Å². The topological polar surface area (TPSA) is 47.1 Å². The smallest absolute Gasteiger partial charge is 0.205 e. The minimum Gasteiger partial charge on any atom is -0.342 e. The summed E-state index contributed by atoms with van der Waals surface area (Å²) in [5, 5.41) is 0. The first-order valence-corrected chi connectivity index (χ1v) is 7.86. The molecule has 4 nitrogen and oxygen atoms in total. The largest absolute Gasteiger partial charge is 0.342 e.